The number of fused-ring (bicyclic) bond motifs is 1. The van der Waals surface area contributed by atoms with Gasteiger partial charge in [0.05, 0.1) is 0 Å². The van der Waals surface area contributed by atoms with Crippen molar-refractivity contribution in [3.63, 3.8) is 0 Å². The quantitative estimate of drug-likeness (QED) is 0.645. The number of methoxy groups -OCH3 is 1. The second-order valence-corrected chi connectivity index (χ2v) is 9.17. The van der Waals surface area contributed by atoms with E-state index in [2.05, 4.69) is 23.8 Å². The van der Waals surface area contributed by atoms with Crippen molar-refractivity contribution in [2.45, 2.75) is 39.8 Å². The Kier molecular flexibility index (Phi) is 9.59. The Morgan fingerprint density at radius 3 is 2.56 bits per heavy atom. The van der Waals surface area contributed by atoms with Gasteiger partial charge in [0.1, 0.15) is 19.0 Å². The maximum atomic E-state index is 14.3. The van der Waals surface area contributed by atoms with Gasteiger partial charge in [-0.1, -0.05) is 13.8 Å². The minimum Gasteiger partial charge on any atom is -0.375 e. The lowest BCUT2D eigenvalue weighted by Crippen LogP contribution is -2.41. The average molecular weight is 474 g/mol. The molecule has 0 saturated heterocycles. The predicted octanol–water partition coefficient (Wildman–Crippen LogP) is 2.78. The number of carbonyl (C=O) groups excluding carboxylic acids is 2. The van der Waals surface area contributed by atoms with Gasteiger partial charge in [0.2, 0.25) is 5.91 Å². The second kappa shape index (κ2) is 12.6. The maximum Gasteiger partial charge on any atom is 0.252 e. The van der Waals surface area contributed by atoms with Gasteiger partial charge in [-0.15, -0.1) is 0 Å². The van der Waals surface area contributed by atoms with Crippen molar-refractivity contribution in [1.29, 1.82) is 0 Å². The zero-order chi connectivity index (χ0) is 24.5. The van der Waals surface area contributed by atoms with Crippen molar-refractivity contribution in [2.75, 3.05) is 51.3 Å². The third-order valence-corrected chi connectivity index (χ3v) is 5.85. The van der Waals surface area contributed by atoms with Crippen LogP contribution in [0.25, 0.3) is 0 Å². The molecule has 1 aliphatic heterocycles. The van der Waals surface area contributed by atoms with Gasteiger partial charge in [-0.2, -0.15) is 5.10 Å². The Bertz CT molecular complexity index is 935. The fraction of sp³-hybridized carbons (Fsp3) is 0.560. The van der Waals surface area contributed by atoms with Crippen LogP contribution in [0.4, 0.5) is 10.1 Å². The van der Waals surface area contributed by atoms with Gasteiger partial charge in [0.25, 0.3) is 5.91 Å². The van der Waals surface area contributed by atoms with Crippen LogP contribution in [0.15, 0.2) is 36.7 Å². The van der Waals surface area contributed by atoms with E-state index < -0.39 is 5.82 Å². The number of benzene rings is 1. The molecule has 0 aliphatic carbocycles. The summed E-state index contributed by atoms with van der Waals surface area (Å²) < 4.78 is 21.0. The number of amides is 2. The van der Waals surface area contributed by atoms with Crippen LogP contribution in [0.5, 0.6) is 0 Å². The van der Waals surface area contributed by atoms with E-state index in [1.54, 1.807) is 39.0 Å². The maximum absolute atomic E-state index is 14.3. The van der Waals surface area contributed by atoms with Crippen LogP contribution in [0.2, 0.25) is 0 Å². The van der Waals surface area contributed by atoms with E-state index >= 15 is 0 Å². The molecule has 34 heavy (non-hydrogen) atoms. The lowest BCUT2D eigenvalue weighted by Gasteiger charge is -2.32. The van der Waals surface area contributed by atoms with Crippen LogP contribution in [-0.4, -0.2) is 77.8 Å². The number of nitrogens with zero attached hydrogens (tertiary/aromatic N) is 5. The fourth-order valence-corrected chi connectivity index (χ4v) is 4.40. The lowest BCUT2D eigenvalue weighted by molar-refractivity contribution is -0.132. The molecule has 2 aromatic rings. The summed E-state index contributed by atoms with van der Waals surface area (Å²) in [7, 11) is 1.49. The van der Waals surface area contributed by atoms with E-state index in [9.17, 15) is 14.0 Å². The first-order valence-corrected chi connectivity index (χ1v) is 11.9. The van der Waals surface area contributed by atoms with Crippen LogP contribution < -0.4 is 4.90 Å². The van der Waals surface area contributed by atoms with Crippen LogP contribution in [0.3, 0.4) is 0 Å². The summed E-state index contributed by atoms with van der Waals surface area (Å²) in [6.45, 7) is 8.33. The van der Waals surface area contributed by atoms with Gasteiger partial charge in [0, 0.05) is 51.4 Å². The minimum atomic E-state index is -0.396. The van der Waals surface area contributed by atoms with E-state index in [0.29, 0.717) is 30.3 Å². The van der Waals surface area contributed by atoms with Crippen molar-refractivity contribution in [3.05, 3.63) is 48.0 Å². The van der Waals surface area contributed by atoms with Gasteiger partial charge in [-0.05, 0) is 61.7 Å². The highest BCUT2D eigenvalue weighted by atomic mass is 19.1. The van der Waals surface area contributed by atoms with Crippen LogP contribution >= 0.6 is 0 Å². The van der Waals surface area contributed by atoms with Crippen molar-refractivity contribution in [1.82, 2.24) is 19.6 Å². The second-order valence-electron chi connectivity index (χ2n) is 9.17. The minimum absolute atomic E-state index is 0.0610. The third-order valence-electron chi connectivity index (χ3n) is 5.85. The molecule has 0 unspecified atom stereocenters. The molecular formula is C25H36FN5O3. The number of anilines is 1. The molecular weight excluding hydrogens is 437 g/mol. The topological polar surface area (TPSA) is 70.9 Å². The SMILES string of the molecule is COCC(=O)N1CCCN(CC(C)C)CCCN(C(=O)Cn2cccn2)Cc2cc(F)ccc21. The Morgan fingerprint density at radius 2 is 1.88 bits per heavy atom. The molecule has 186 valence electrons. The Hall–Kier alpha value is -2.78. The highest BCUT2D eigenvalue weighted by Gasteiger charge is 2.24. The zero-order valence-corrected chi connectivity index (χ0v) is 20.5. The van der Waals surface area contributed by atoms with E-state index in [0.717, 1.165) is 32.5 Å². The van der Waals surface area contributed by atoms with E-state index in [4.69, 9.17) is 4.74 Å². The number of carbonyl (C=O) groups is 2. The summed E-state index contributed by atoms with van der Waals surface area (Å²) in [4.78, 5) is 32.0. The van der Waals surface area contributed by atoms with Crippen molar-refractivity contribution in [2.24, 2.45) is 5.92 Å². The first-order chi connectivity index (χ1) is 16.4. The fourth-order valence-electron chi connectivity index (χ4n) is 4.40. The number of rotatable bonds is 6. The molecule has 0 fully saturated rings. The first-order valence-electron chi connectivity index (χ1n) is 11.9. The van der Waals surface area contributed by atoms with Crippen molar-refractivity contribution in [3.8, 4) is 0 Å². The molecule has 9 heteroatoms. The Labute approximate surface area is 201 Å². The number of halogens is 1. The summed E-state index contributed by atoms with van der Waals surface area (Å²) in [6, 6.07) is 6.19. The molecule has 0 atom stereocenters. The van der Waals surface area contributed by atoms with Crippen LogP contribution in [-0.2, 0) is 27.4 Å². The Balaban J connectivity index is 1.93. The highest BCUT2D eigenvalue weighted by Crippen LogP contribution is 2.25. The number of hydrogen-bond donors (Lipinski definition) is 0. The molecule has 1 aliphatic rings. The van der Waals surface area contributed by atoms with Gasteiger partial charge in [0.15, 0.2) is 0 Å². The molecule has 0 bridgehead atoms. The summed E-state index contributed by atoms with van der Waals surface area (Å²) in [5.41, 5.74) is 1.23. The first kappa shape index (κ1) is 25.8. The van der Waals surface area contributed by atoms with Gasteiger partial charge in [-0.3, -0.25) is 14.3 Å². The molecule has 2 heterocycles. The Morgan fingerprint density at radius 1 is 1.12 bits per heavy atom. The summed E-state index contributed by atoms with van der Waals surface area (Å²) in [6.07, 6.45) is 4.99. The average Bonchev–Trinajstić information content (AvgIpc) is 3.28. The number of aromatic nitrogens is 2. The van der Waals surface area contributed by atoms with Gasteiger partial charge >= 0.3 is 0 Å². The molecule has 2 amide bonds. The van der Waals surface area contributed by atoms with E-state index in [1.165, 1.54) is 19.2 Å². The molecule has 8 nitrogen and oxygen atoms in total. The normalized spacial score (nSPS) is 16.1. The molecule has 0 N–H and O–H groups in total. The summed E-state index contributed by atoms with van der Waals surface area (Å²) >= 11 is 0. The number of hydrogen-bond acceptors (Lipinski definition) is 5. The predicted molar refractivity (Wildman–Crippen MR) is 129 cm³/mol. The monoisotopic (exact) mass is 473 g/mol. The largest absolute Gasteiger partial charge is 0.375 e. The van der Waals surface area contributed by atoms with Crippen molar-refractivity contribution >= 4 is 17.5 Å². The zero-order valence-electron chi connectivity index (χ0n) is 20.5. The lowest BCUT2D eigenvalue weighted by atomic mass is 10.1. The third kappa shape index (κ3) is 7.36. The number of ether oxygens (including phenoxy) is 1. The van der Waals surface area contributed by atoms with Crippen molar-refractivity contribution < 1.29 is 18.7 Å². The summed E-state index contributed by atoms with van der Waals surface area (Å²) in [5.74, 6) is -0.161. The van der Waals surface area contributed by atoms with Crippen LogP contribution in [0.1, 0.15) is 32.3 Å². The molecule has 0 spiro atoms. The smallest absolute Gasteiger partial charge is 0.252 e. The molecule has 0 radical (unpaired) electrons. The molecule has 0 saturated carbocycles. The van der Waals surface area contributed by atoms with Gasteiger partial charge in [-0.25, -0.2) is 4.39 Å². The molecule has 3 rings (SSSR count). The highest BCUT2D eigenvalue weighted by molar-refractivity contribution is 5.95. The standard InChI is InChI=1S/C25H36FN5O3/c1-20(2)16-28-10-5-12-29(24(32)18-30-13-4-9-27-30)17-21-15-22(26)7-8-23(21)31(14-6-11-28)25(33)19-34-3/h4,7-9,13,15,20H,5-6,10-12,14,16-19H2,1-3H3. The molecule has 1 aromatic carbocycles. The van der Waals surface area contributed by atoms with E-state index in [1.807, 2.05) is 0 Å². The van der Waals surface area contributed by atoms with E-state index in [-0.39, 0.29) is 31.5 Å². The van der Waals surface area contributed by atoms with Gasteiger partial charge < -0.3 is 19.4 Å². The molecule has 1 aromatic heterocycles. The van der Waals surface area contributed by atoms with Crippen LogP contribution in [0, 0.1) is 11.7 Å². The summed E-state index contributed by atoms with van der Waals surface area (Å²) in [5, 5.41) is 4.15.